The van der Waals surface area contributed by atoms with E-state index in [1.54, 1.807) is 20.5 Å². The summed E-state index contributed by atoms with van der Waals surface area (Å²) in [7, 11) is 3.31. The van der Waals surface area contributed by atoms with Crippen LogP contribution in [0.3, 0.4) is 0 Å². The maximum Gasteiger partial charge on any atom is 0.160 e. The van der Waals surface area contributed by atoms with Gasteiger partial charge in [0.25, 0.3) is 0 Å². The number of hydrogen-bond donors (Lipinski definition) is 0. The Morgan fingerprint density at radius 1 is 0.870 bits per heavy atom. The molecule has 4 nitrogen and oxygen atoms in total. The minimum absolute atomic E-state index is 0.762. The number of nitrogens with zero attached hydrogens (tertiary/aromatic N) is 2. The molecule has 0 spiro atoms. The van der Waals surface area contributed by atoms with Crippen LogP contribution in [0, 0.1) is 0 Å². The predicted octanol–water partition coefficient (Wildman–Crippen LogP) is 3.82. The lowest BCUT2D eigenvalue weighted by Gasteiger charge is -2.10. The van der Waals surface area contributed by atoms with Crippen LogP contribution >= 0.6 is 0 Å². The zero-order valence-corrected chi connectivity index (χ0v) is 13.5. The summed E-state index contributed by atoms with van der Waals surface area (Å²) in [5.41, 5.74) is 3.35. The van der Waals surface area contributed by atoms with Crippen molar-refractivity contribution in [3.8, 4) is 11.5 Å². The van der Waals surface area contributed by atoms with Crippen molar-refractivity contribution >= 4 is 10.9 Å². The Balaban J connectivity index is 1.69. The smallest absolute Gasteiger partial charge is 0.160 e. The molecule has 0 N–H and O–H groups in total. The van der Waals surface area contributed by atoms with Crippen LogP contribution in [-0.2, 0) is 12.8 Å². The van der Waals surface area contributed by atoms with E-state index in [1.807, 2.05) is 30.3 Å². The Hall–Kier alpha value is -2.62. The molecule has 0 aliphatic rings. The largest absolute Gasteiger partial charge is 0.493 e. The fourth-order valence-corrected chi connectivity index (χ4v) is 2.76. The van der Waals surface area contributed by atoms with E-state index in [0.717, 1.165) is 47.4 Å². The maximum atomic E-state index is 5.35. The van der Waals surface area contributed by atoms with Crippen molar-refractivity contribution in [1.29, 1.82) is 0 Å². The highest BCUT2D eigenvalue weighted by molar-refractivity contribution is 5.80. The quantitative estimate of drug-likeness (QED) is 0.694. The highest BCUT2D eigenvalue weighted by Crippen LogP contribution is 2.28. The van der Waals surface area contributed by atoms with Crippen LogP contribution in [0.2, 0.25) is 0 Å². The second-order valence-electron chi connectivity index (χ2n) is 5.38. The van der Waals surface area contributed by atoms with Gasteiger partial charge in [-0.25, -0.2) is 9.97 Å². The van der Waals surface area contributed by atoms with Gasteiger partial charge in [0.05, 0.1) is 25.4 Å². The molecule has 2 aromatic carbocycles. The molecule has 0 fully saturated rings. The fourth-order valence-electron chi connectivity index (χ4n) is 2.76. The van der Waals surface area contributed by atoms with E-state index in [2.05, 4.69) is 22.1 Å². The Kier molecular flexibility index (Phi) is 4.71. The maximum absolute atomic E-state index is 5.35. The van der Waals surface area contributed by atoms with Gasteiger partial charge >= 0.3 is 0 Å². The average Bonchev–Trinajstić information content (AvgIpc) is 2.61. The molecule has 0 saturated carbocycles. The molecule has 0 aliphatic heterocycles. The van der Waals surface area contributed by atoms with Crippen LogP contribution in [0.15, 0.2) is 48.8 Å². The van der Waals surface area contributed by atoms with Gasteiger partial charge in [0.1, 0.15) is 6.33 Å². The van der Waals surface area contributed by atoms with Gasteiger partial charge in [-0.3, -0.25) is 0 Å². The lowest BCUT2D eigenvalue weighted by atomic mass is 10.0. The monoisotopic (exact) mass is 308 g/mol. The first-order valence-corrected chi connectivity index (χ1v) is 7.71. The summed E-state index contributed by atoms with van der Waals surface area (Å²) in [6.45, 7) is 0. The van der Waals surface area contributed by atoms with Crippen molar-refractivity contribution in [2.45, 2.75) is 19.3 Å². The van der Waals surface area contributed by atoms with Gasteiger partial charge in [0, 0.05) is 5.39 Å². The summed E-state index contributed by atoms with van der Waals surface area (Å²) in [5.74, 6) is 1.54. The molecule has 0 aliphatic carbocycles. The molecule has 3 aromatic rings. The topological polar surface area (TPSA) is 44.2 Å². The fraction of sp³-hybridized carbons (Fsp3) is 0.263. The predicted molar refractivity (Wildman–Crippen MR) is 91.1 cm³/mol. The van der Waals surface area contributed by atoms with Crippen LogP contribution in [0.5, 0.6) is 11.5 Å². The van der Waals surface area contributed by atoms with Crippen molar-refractivity contribution in [3.63, 3.8) is 0 Å². The lowest BCUT2D eigenvalue weighted by molar-refractivity contribution is 0.354. The van der Waals surface area contributed by atoms with E-state index in [4.69, 9.17) is 9.47 Å². The number of benzene rings is 2. The zero-order chi connectivity index (χ0) is 16.1. The van der Waals surface area contributed by atoms with E-state index >= 15 is 0 Å². The van der Waals surface area contributed by atoms with Crippen LogP contribution < -0.4 is 9.47 Å². The van der Waals surface area contributed by atoms with Gasteiger partial charge in [-0.15, -0.1) is 0 Å². The van der Waals surface area contributed by atoms with Crippen molar-refractivity contribution in [2.24, 2.45) is 0 Å². The Bertz CT molecular complexity index is 797. The van der Waals surface area contributed by atoms with Gasteiger partial charge in [-0.2, -0.15) is 0 Å². The number of rotatable bonds is 6. The van der Waals surface area contributed by atoms with Gasteiger partial charge in [-0.05, 0) is 43.0 Å². The first-order chi connectivity index (χ1) is 11.3. The summed E-state index contributed by atoms with van der Waals surface area (Å²) >= 11 is 0. The standard InChI is InChI=1S/C19H20N2O2/c1-22-18-11-10-14(12-19(18)23-2)6-5-9-17-15-7-3-4-8-16(15)20-13-21-17/h3-4,7-8,10-13H,5-6,9H2,1-2H3. The molecule has 3 rings (SSSR count). The third kappa shape index (κ3) is 3.42. The number of aryl methyl sites for hydroxylation is 2. The number of hydrogen-bond acceptors (Lipinski definition) is 4. The average molecular weight is 308 g/mol. The first-order valence-electron chi connectivity index (χ1n) is 7.71. The zero-order valence-electron chi connectivity index (χ0n) is 13.5. The summed E-state index contributed by atoms with van der Waals surface area (Å²) in [4.78, 5) is 8.75. The highest BCUT2D eigenvalue weighted by Gasteiger charge is 2.06. The number of para-hydroxylation sites is 1. The molecular formula is C19H20N2O2. The molecule has 4 heteroatoms. The van der Waals surface area contributed by atoms with Crippen molar-refractivity contribution < 1.29 is 9.47 Å². The molecule has 1 aromatic heterocycles. The van der Waals surface area contributed by atoms with Crippen molar-refractivity contribution in [1.82, 2.24) is 9.97 Å². The van der Waals surface area contributed by atoms with E-state index in [9.17, 15) is 0 Å². The van der Waals surface area contributed by atoms with Gasteiger partial charge in [0.15, 0.2) is 11.5 Å². The van der Waals surface area contributed by atoms with E-state index in [0.29, 0.717) is 0 Å². The van der Waals surface area contributed by atoms with Gasteiger partial charge in [0.2, 0.25) is 0 Å². The van der Waals surface area contributed by atoms with E-state index in [1.165, 1.54) is 5.56 Å². The minimum atomic E-state index is 0.762. The SMILES string of the molecule is COc1ccc(CCCc2ncnc3ccccc23)cc1OC. The minimum Gasteiger partial charge on any atom is -0.493 e. The molecule has 0 amide bonds. The molecule has 1 heterocycles. The normalized spacial score (nSPS) is 10.7. The molecule has 0 bridgehead atoms. The molecule has 23 heavy (non-hydrogen) atoms. The second kappa shape index (κ2) is 7.09. The summed E-state index contributed by atoms with van der Waals surface area (Å²) in [6.07, 6.45) is 4.57. The van der Waals surface area contributed by atoms with E-state index in [-0.39, 0.29) is 0 Å². The molecular weight excluding hydrogens is 288 g/mol. The lowest BCUT2D eigenvalue weighted by Crippen LogP contribution is -1.97. The van der Waals surface area contributed by atoms with E-state index < -0.39 is 0 Å². The number of ether oxygens (including phenoxy) is 2. The molecule has 118 valence electrons. The molecule has 0 saturated heterocycles. The van der Waals surface area contributed by atoms with Crippen molar-refractivity contribution in [3.05, 3.63) is 60.0 Å². The first kappa shape index (κ1) is 15.3. The molecule has 0 radical (unpaired) electrons. The van der Waals surface area contributed by atoms with Gasteiger partial charge < -0.3 is 9.47 Å². The Labute approximate surface area is 136 Å². The number of fused-ring (bicyclic) bond motifs is 1. The third-order valence-electron chi connectivity index (χ3n) is 3.95. The second-order valence-corrected chi connectivity index (χ2v) is 5.38. The number of methoxy groups -OCH3 is 2. The van der Waals surface area contributed by atoms with Crippen LogP contribution in [0.1, 0.15) is 17.7 Å². The molecule has 0 atom stereocenters. The summed E-state index contributed by atoms with van der Waals surface area (Å²) in [6, 6.07) is 14.2. The molecule has 0 unspecified atom stereocenters. The Morgan fingerprint density at radius 2 is 1.70 bits per heavy atom. The third-order valence-corrected chi connectivity index (χ3v) is 3.95. The summed E-state index contributed by atoms with van der Waals surface area (Å²) < 4.78 is 10.6. The van der Waals surface area contributed by atoms with Crippen molar-refractivity contribution in [2.75, 3.05) is 14.2 Å². The highest BCUT2D eigenvalue weighted by atomic mass is 16.5. The number of aromatic nitrogens is 2. The van der Waals surface area contributed by atoms with Gasteiger partial charge in [-0.1, -0.05) is 24.3 Å². The van der Waals surface area contributed by atoms with Crippen LogP contribution in [0.25, 0.3) is 10.9 Å². The van der Waals surface area contributed by atoms with Crippen LogP contribution in [-0.4, -0.2) is 24.2 Å². The Morgan fingerprint density at radius 3 is 2.52 bits per heavy atom. The van der Waals surface area contributed by atoms with Crippen LogP contribution in [0.4, 0.5) is 0 Å². The summed E-state index contributed by atoms with van der Waals surface area (Å²) in [5, 5.41) is 1.14.